The zero-order valence-electron chi connectivity index (χ0n) is 15.7. The normalized spacial score (nSPS) is 18.3. The molecule has 0 aliphatic heterocycles. The first-order chi connectivity index (χ1) is 14.2. The molecule has 168 valence electrons. The molecule has 2 rings (SSSR count). The largest absolute Gasteiger partial charge is 0.490 e. The van der Waals surface area contributed by atoms with Gasteiger partial charge in [0.1, 0.15) is 17.9 Å². The van der Waals surface area contributed by atoms with Gasteiger partial charge in [-0.25, -0.2) is 4.39 Å². The van der Waals surface area contributed by atoms with Crippen molar-refractivity contribution < 1.29 is 42.0 Å². The Morgan fingerprint density at radius 3 is 2.48 bits per heavy atom. The number of allylic oxidation sites excluding steroid dienone is 1. The zero-order valence-corrected chi connectivity index (χ0v) is 15.7. The summed E-state index contributed by atoms with van der Waals surface area (Å²) < 4.78 is 57.8. The van der Waals surface area contributed by atoms with Gasteiger partial charge in [-0.2, -0.15) is 13.2 Å². The van der Waals surface area contributed by atoms with Crippen LogP contribution in [0.4, 0.5) is 28.9 Å². The van der Waals surface area contributed by atoms with E-state index in [1.807, 2.05) is 5.32 Å². The summed E-state index contributed by atoms with van der Waals surface area (Å²) in [6.45, 7) is 0.193. The molecule has 0 spiro atoms. The summed E-state index contributed by atoms with van der Waals surface area (Å²) in [5, 5.41) is 33.6. The molecular formula is C17H15F4N3O7. The fourth-order valence-electron chi connectivity index (χ4n) is 2.47. The van der Waals surface area contributed by atoms with Crippen molar-refractivity contribution in [1.82, 2.24) is 0 Å². The number of carbonyl (C=O) groups excluding carboxylic acids is 1. The van der Waals surface area contributed by atoms with Gasteiger partial charge in [0.2, 0.25) is 0 Å². The highest BCUT2D eigenvalue weighted by Gasteiger charge is 2.39. The van der Waals surface area contributed by atoms with E-state index in [0.29, 0.717) is 12.1 Å². The van der Waals surface area contributed by atoms with Crippen molar-refractivity contribution in [3.63, 3.8) is 0 Å². The number of amides is 1. The highest BCUT2D eigenvalue weighted by molar-refractivity contribution is 5.97. The molecule has 2 atom stereocenters. The third kappa shape index (κ3) is 5.75. The van der Waals surface area contributed by atoms with Crippen molar-refractivity contribution in [3.8, 4) is 0 Å². The van der Waals surface area contributed by atoms with E-state index in [4.69, 9.17) is 4.74 Å². The van der Waals surface area contributed by atoms with Crippen LogP contribution in [0.1, 0.15) is 18.9 Å². The molecular weight excluding hydrogens is 434 g/mol. The van der Waals surface area contributed by atoms with E-state index in [0.717, 1.165) is 19.1 Å². The van der Waals surface area contributed by atoms with E-state index in [-0.39, 0.29) is 12.2 Å². The average molecular weight is 449 g/mol. The number of nitro benzene ring substituents is 1. The molecule has 14 heteroatoms. The maximum atomic E-state index is 13.7. The van der Waals surface area contributed by atoms with Gasteiger partial charge in [0, 0.05) is 29.2 Å². The summed E-state index contributed by atoms with van der Waals surface area (Å²) in [5.74, 6) is -2.48. The molecule has 0 saturated carbocycles. The van der Waals surface area contributed by atoms with Crippen LogP contribution in [0.5, 0.6) is 0 Å². The number of hydrogen-bond acceptors (Lipinski definition) is 7. The molecule has 0 fully saturated rings. The number of halogens is 4. The Kier molecular flexibility index (Phi) is 6.64. The molecule has 0 radical (unpaired) electrons. The van der Waals surface area contributed by atoms with E-state index in [9.17, 15) is 47.7 Å². The molecule has 1 aromatic rings. The minimum Gasteiger partial charge on any atom is -0.490 e. The van der Waals surface area contributed by atoms with E-state index in [1.54, 1.807) is 0 Å². The predicted octanol–water partition coefficient (Wildman–Crippen LogP) is 3.11. The van der Waals surface area contributed by atoms with E-state index in [1.165, 1.54) is 6.08 Å². The highest BCUT2D eigenvalue weighted by Crippen LogP contribution is 2.37. The average Bonchev–Trinajstić information content (AvgIpc) is 2.65. The molecule has 10 nitrogen and oxygen atoms in total. The molecule has 1 aliphatic carbocycles. The van der Waals surface area contributed by atoms with Crippen LogP contribution in [0, 0.1) is 20.2 Å². The lowest BCUT2D eigenvalue weighted by atomic mass is 10.1. The summed E-state index contributed by atoms with van der Waals surface area (Å²) in [7, 11) is 0. The van der Waals surface area contributed by atoms with Gasteiger partial charge in [-0.1, -0.05) is 0 Å². The molecule has 2 N–H and O–H groups in total. The first-order valence-corrected chi connectivity index (χ1v) is 8.45. The van der Waals surface area contributed by atoms with Gasteiger partial charge in [-0.3, -0.25) is 25.0 Å². The first-order valence-electron chi connectivity index (χ1n) is 8.45. The van der Waals surface area contributed by atoms with Gasteiger partial charge in [0.05, 0.1) is 4.92 Å². The Hall–Kier alpha value is -3.55. The summed E-state index contributed by atoms with van der Waals surface area (Å²) in [4.78, 5) is 31.6. The van der Waals surface area contributed by atoms with Crippen LogP contribution < -0.4 is 5.32 Å². The summed E-state index contributed by atoms with van der Waals surface area (Å²) >= 11 is 0. The van der Waals surface area contributed by atoms with Crippen molar-refractivity contribution in [2.75, 3.05) is 11.9 Å². The van der Waals surface area contributed by atoms with Crippen LogP contribution in [-0.2, 0) is 15.7 Å². The third-order valence-electron chi connectivity index (χ3n) is 4.16. The number of ether oxygens (including phenoxy) is 1. The number of nitrogens with zero attached hydrogens (tertiary/aromatic N) is 2. The van der Waals surface area contributed by atoms with Crippen molar-refractivity contribution in [2.45, 2.75) is 31.2 Å². The lowest BCUT2D eigenvalue weighted by Gasteiger charge is -2.24. The number of nitro groups is 2. The number of hydrogen-bond donors (Lipinski definition) is 2. The van der Waals surface area contributed by atoms with E-state index < -0.39 is 62.9 Å². The first kappa shape index (κ1) is 23.7. The van der Waals surface area contributed by atoms with Crippen molar-refractivity contribution in [2.24, 2.45) is 0 Å². The lowest BCUT2D eigenvalue weighted by molar-refractivity contribution is -0.514. The number of benzene rings is 1. The lowest BCUT2D eigenvalue weighted by Crippen LogP contribution is -2.44. The summed E-state index contributed by atoms with van der Waals surface area (Å²) in [6, 6.07) is 0.172. The Labute approximate surface area is 171 Å². The van der Waals surface area contributed by atoms with Gasteiger partial charge < -0.3 is 15.2 Å². The van der Waals surface area contributed by atoms with Crippen LogP contribution in [0.3, 0.4) is 0 Å². The Balaban J connectivity index is 2.09. The van der Waals surface area contributed by atoms with Crippen molar-refractivity contribution in [3.05, 3.63) is 67.7 Å². The Morgan fingerprint density at radius 1 is 1.32 bits per heavy atom. The van der Waals surface area contributed by atoms with Crippen LogP contribution in [-0.4, -0.2) is 39.1 Å². The second-order valence-corrected chi connectivity index (χ2v) is 6.68. The second kappa shape index (κ2) is 8.67. The molecule has 1 unspecified atom stereocenters. The third-order valence-corrected chi connectivity index (χ3v) is 4.16. The van der Waals surface area contributed by atoms with Crippen LogP contribution in [0.25, 0.3) is 0 Å². The smallest absolute Gasteiger partial charge is 0.423 e. The van der Waals surface area contributed by atoms with Crippen molar-refractivity contribution >= 4 is 17.3 Å². The van der Waals surface area contributed by atoms with Gasteiger partial charge in [0.15, 0.2) is 11.4 Å². The minimum atomic E-state index is -5.07. The van der Waals surface area contributed by atoms with Gasteiger partial charge in [-0.15, -0.1) is 0 Å². The standard InChI is InChI=1S/C17H15F4N3O7/c1-16(26,8-31-10-3-5-14(24(29)30)12(18)7-10)15(25)22-9-2-4-13(23(27)28)11(6-9)17(19,20)21/h2-4,6-7,14,26H,5,8H2,1H3,(H,22,25)/t14?,16-/m0/s1. The molecule has 0 aromatic heterocycles. The number of carbonyl (C=O) groups is 1. The quantitative estimate of drug-likeness (QED) is 0.370. The minimum absolute atomic E-state index is 0.182. The maximum Gasteiger partial charge on any atom is 0.423 e. The monoisotopic (exact) mass is 449 g/mol. The van der Waals surface area contributed by atoms with E-state index in [2.05, 4.69) is 0 Å². The number of aliphatic hydroxyl groups is 1. The number of nitrogens with one attached hydrogen (secondary N) is 1. The number of alkyl halides is 3. The molecule has 1 amide bonds. The maximum absolute atomic E-state index is 13.7. The predicted molar refractivity (Wildman–Crippen MR) is 96.0 cm³/mol. The van der Waals surface area contributed by atoms with Gasteiger partial charge >= 0.3 is 6.18 Å². The zero-order chi connectivity index (χ0) is 23.6. The summed E-state index contributed by atoms with van der Waals surface area (Å²) in [5.41, 5.74) is -5.60. The number of anilines is 1. The van der Waals surface area contributed by atoms with Crippen LogP contribution in [0.15, 0.2) is 41.9 Å². The number of rotatable bonds is 7. The highest BCUT2D eigenvalue weighted by atomic mass is 19.4. The van der Waals surface area contributed by atoms with Gasteiger partial charge in [0.25, 0.3) is 17.6 Å². The molecule has 0 bridgehead atoms. The second-order valence-electron chi connectivity index (χ2n) is 6.68. The Morgan fingerprint density at radius 2 is 1.97 bits per heavy atom. The Bertz CT molecular complexity index is 973. The molecule has 0 heterocycles. The van der Waals surface area contributed by atoms with Crippen LogP contribution >= 0.6 is 0 Å². The molecule has 0 saturated heterocycles. The molecule has 1 aliphatic rings. The van der Waals surface area contributed by atoms with Gasteiger partial charge in [-0.05, 0) is 25.1 Å². The van der Waals surface area contributed by atoms with E-state index >= 15 is 0 Å². The topological polar surface area (TPSA) is 145 Å². The fraction of sp³-hybridized carbons (Fsp3) is 0.353. The SMILES string of the molecule is C[C@](O)(COC1=CCC([N+](=O)[O-])C(F)=C1)C(=O)Nc1ccc([N+](=O)[O-])c(C(F)(F)F)c1. The van der Waals surface area contributed by atoms with Crippen LogP contribution in [0.2, 0.25) is 0 Å². The fourth-order valence-corrected chi connectivity index (χ4v) is 2.47. The molecule has 1 aromatic carbocycles. The van der Waals surface area contributed by atoms with Crippen molar-refractivity contribution in [1.29, 1.82) is 0 Å². The summed E-state index contributed by atoms with van der Waals surface area (Å²) in [6.07, 6.45) is -3.49. The molecule has 31 heavy (non-hydrogen) atoms.